The third kappa shape index (κ3) is 5.78. The zero-order valence-corrected chi connectivity index (χ0v) is 18.3. The first-order valence-corrected chi connectivity index (χ1v) is 10.7. The molecule has 1 saturated heterocycles. The maximum Gasteiger partial charge on any atom is 0.227 e. The van der Waals surface area contributed by atoms with Gasteiger partial charge < -0.3 is 18.8 Å². The maximum atomic E-state index is 13.1. The fourth-order valence-corrected chi connectivity index (χ4v) is 3.67. The van der Waals surface area contributed by atoms with Crippen LogP contribution < -0.4 is 19.8 Å². The Morgan fingerprint density at radius 2 is 1.73 bits per heavy atom. The van der Waals surface area contributed by atoms with E-state index in [-0.39, 0.29) is 29.4 Å². The van der Waals surface area contributed by atoms with E-state index in [1.54, 1.807) is 43.5 Å². The van der Waals surface area contributed by atoms with Gasteiger partial charge in [-0.05, 0) is 48.5 Å². The number of methoxy groups -OCH3 is 1. The third-order valence-electron chi connectivity index (χ3n) is 5.57. The Bertz CT molecular complexity index is 1140. The molecule has 2 heterocycles. The van der Waals surface area contributed by atoms with Gasteiger partial charge in [0.1, 0.15) is 23.6 Å². The first-order chi connectivity index (χ1) is 16.0. The molecule has 1 aliphatic heterocycles. The van der Waals surface area contributed by atoms with Crippen LogP contribution in [-0.4, -0.2) is 50.6 Å². The van der Waals surface area contributed by atoms with E-state index in [4.69, 9.17) is 13.9 Å². The van der Waals surface area contributed by atoms with Gasteiger partial charge in [-0.2, -0.15) is 0 Å². The van der Waals surface area contributed by atoms with Crippen molar-refractivity contribution >= 4 is 11.5 Å². The Kier molecular flexibility index (Phi) is 7.04. The molecule has 0 unspecified atom stereocenters. The number of piperazine rings is 1. The second-order valence-corrected chi connectivity index (χ2v) is 7.75. The lowest BCUT2D eigenvalue weighted by atomic mass is 10.1. The summed E-state index contributed by atoms with van der Waals surface area (Å²) in [6.45, 7) is 3.40. The van der Waals surface area contributed by atoms with Crippen LogP contribution in [0.1, 0.15) is 16.1 Å². The predicted octanol–water partition coefficient (Wildman–Crippen LogP) is 3.37. The number of halogens is 1. The fraction of sp³-hybridized carbons (Fsp3) is 0.280. The number of nitrogens with zero attached hydrogens (tertiary/aromatic N) is 2. The van der Waals surface area contributed by atoms with Gasteiger partial charge in [-0.1, -0.05) is 0 Å². The molecule has 4 rings (SSSR count). The summed E-state index contributed by atoms with van der Waals surface area (Å²) in [5, 5.41) is 0. The molecule has 0 spiro atoms. The molecule has 0 bridgehead atoms. The van der Waals surface area contributed by atoms with Crippen LogP contribution in [0.3, 0.4) is 0 Å². The molecule has 0 N–H and O–H groups in total. The quantitative estimate of drug-likeness (QED) is 0.485. The summed E-state index contributed by atoms with van der Waals surface area (Å²) in [6.07, 6.45) is 1.26. The van der Waals surface area contributed by atoms with E-state index in [0.29, 0.717) is 23.6 Å². The molecule has 3 aromatic rings. The zero-order chi connectivity index (χ0) is 23.2. The molecule has 1 aliphatic rings. The summed E-state index contributed by atoms with van der Waals surface area (Å²) < 4.78 is 29.2. The number of rotatable bonds is 8. The van der Waals surface area contributed by atoms with Gasteiger partial charge in [0, 0.05) is 43.5 Å². The first kappa shape index (κ1) is 22.5. The minimum absolute atomic E-state index is 0.00161. The van der Waals surface area contributed by atoms with E-state index in [1.807, 2.05) is 0 Å². The Hall–Kier alpha value is -3.65. The van der Waals surface area contributed by atoms with Crippen molar-refractivity contribution in [1.29, 1.82) is 0 Å². The van der Waals surface area contributed by atoms with Crippen LogP contribution in [0, 0.1) is 5.82 Å². The fourth-order valence-electron chi connectivity index (χ4n) is 3.67. The summed E-state index contributed by atoms with van der Waals surface area (Å²) >= 11 is 0. The highest BCUT2D eigenvalue weighted by molar-refractivity contribution is 5.97. The molecule has 0 radical (unpaired) electrons. The number of hydrogen-bond acceptors (Lipinski definition) is 7. The summed E-state index contributed by atoms with van der Waals surface area (Å²) in [4.78, 5) is 29.1. The molecule has 33 heavy (non-hydrogen) atoms. The van der Waals surface area contributed by atoms with Crippen LogP contribution in [0.15, 0.2) is 70.1 Å². The van der Waals surface area contributed by atoms with Crippen molar-refractivity contribution < 1.29 is 23.1 Å². The molecule has 7 nitrogen and oxygen atoms in total. The molecule has 0 saturated carbocycles. The van der Waals surface area contributed by atoms with E-state index < -0.39 is 0 Å². The van der Waals surface area contributed by atoms with Crippen LogP contribution in [-0.2, 0) is 6.54 Å². The second-order valence-electron chi connectivity index (χ2n) is 7.75. The van der Waals surface area contributed by atoms with Crippen molar-refractivity contribution in [1.82, 2.24) is 4.90 Å². The van der Waals surface area contributed by atoms with Crippen LogP contribution in [0.4, 0.5) is 10.1 Å². The van der Waals surface area contributed by atoms with Crippen LogP contribution in [0.5, 0.6) is 11.5 Å². The molecule has 2 aromatic carbocycles. The van der Waals surface area contributed by atoms with Crippen molar-refractivity contribution in [3.05, 3.63) is 88.2 Å². The molecule has 1 aromatic heterocycles. The van der Waals surface area contributed by atoms with Crippen molar-refractivity contribution in [3.8, 4) is 11.5 Å². The van der Waals surface area contributed by atoms with E-state index in [9.17, 15) is 14.0 Å². The Morgan fingerprint density at radius 3 is 2.36 bits per heavy atom. The molecule has 1 fully saturated rings. The molecular weight excluding hydrogens is 427 g/mol. The molecule has 8 heteroatoms. The van der Waals surface area contributed by atoms with Crippen molar-refractivity contribution in [2.75, 3.05) is 44.8 Å². The average molecular weight is 452 g/mol. The highest BCUT2D eigenvalue weighted by atomic mass is 19.1. The molecular formula is C25H25FN2O5. The Balaban J connectivity index is 1.28. The normalized spacial score (nSPS) is 14.2. The van der Waals surface area contributed by atoms with E-state index in [1.165, 1.54) is 24.5 Å². The summed E-state index contributed by atoms with van der Waals surface area (Å²) in [5.74, 6) is 0.691. The minimum Gasteiger partial charge on any atom is -0.497 e. The number of Topliss-reactive ketones (excluding diaryl/α,β-unsaturated/α-hetero) is 1. The third-order valence-corrected chi connectivity index (χ3v) is 5.57. The molecule has 0 amide bonds. The monoisotopic (exact) mass is 452 g/mol. The van der Waals surface area contributed by atoms with Crippen molar-refractivity contribution in [2.24, 2.45) is 0 Å². The lowest BCUT2D eigenvalue weighted by Crippen LogP contribution is -2.46. The number of benzene rings is 2. The molecule has 172 valence electrons. The van der Waals surface area contributed by atoms with Gasteiger partial charge in [-0.15, -0.1) is 0 Å². The van der Waals surface area contributed by atoms with Gasteiger partial charge >= 0.3 is 0 Å². The topological polar surface area (TPSA) is 72.2 Å². The number of ketones is 1. The first-order valence-electron chi connectivity index (χ1n) is 10.7. The Labute approximate surface area is 190 Å². The summed E-state index contributed by atoms with van der Waals surface area (Å²) in [6, 6.07) is 14.6. The number of carbonyl (C=O) groups excluding carboxylic acids is 1. The van der Waals surface area contributed by atoms with Crippen molar-refractivity contribution in [3.63, 3.8) is 0 Å². The second kappa shape index (κ2) is 10.3. The maximum absolute atomic E-state index is 13.1. The SMILES string of the molecule is COc1ccc(C(=O)COc2coc(CN3CCN(c4ccc(F)cc4)CC3)cc2=O)cc1. The number of ether oxygens (including phenoxy) is 2. The molecule has 0 aliphatic carbocycles. The predicted molar refractivity (Wildman–Crippen MR) is 122 cm³/mol. The summed E-state index contributed by atoms with van der Waals surface area (Å²) in [7, 11) is 1.55. The highest BCUT2D eigenvalue weighted by Crippen LogP contribution is 2.18. The number of anilines is 1. The van der Waals surface area contributed by atoms with Crippen LogP contribution >= 0.6 is 0 Å². The lowest BCUT2D eigenvalue weighted by Gasteiger charge is -2.35. The highest BCUT2D eigenvalue weighted by Gasteiger charge is 2.19. The molecule has 0 atom stereocenters. The van der Waals surface area contributed by atoms with Gasteiger partial charge in [0.15, 0.2) is 12.4 Å². The smallest absolute Gasteiger partial charge is 0.227 e. The van der Waals surface area contributed by atoms with Gasteiger partial charge in [-0.25, -0.2) is 4.39 Å². The zero-order valence-electron chi connectivity index (χ0n) is 18.3. The standard InChI is InChI=1S/C25H25FN2O5/c1-31-21-8-2-18(3-9-21)24(30)16-33-25-17-32-22(14-23(25)29)15-27-10-12-28(13-11-27)20-6-4-19(26)5-7-20/h2-9,14,17H,10-13,15-16H2,1H3. The largest absolute Gasteiger partial charge is 0.497 e. The van der Waals surface area contributed by atoms with E-state index >= 15 is 0 Å². The summed E-state index contributed by atoms with van der Waals surface area (Å²) in [5.41, 5.74) is 1.13. The van der Waals surface area contributed by atoms with Gasteiger partial charge in [-0.3, -0.25) is 14.5 Å². The van der Waals surface area contributed by atoms with Gasteiger partial charge in [0.25, 0.3) is 0 Å². The minimum atomic E-state index is -0.330. The number of hydrogen-bond donors (Lipinski definition) is 0. The van der Waals surface area contributed by atoms with Crippen molar-refractivity contribution in [2.45, 2.75) is 6.54 Å². The van der Waals surface area contributed by atoms with Gasteiger partial charge in [0.05, 0.1) is 13.7 Å². The van der Waals surface area contributed by atoms with E-state index in [2.05, 4.69) is 9.80 Å². The average Bonchev–Trinajstić information content (AvgIpc) is 2.84. The Morgan fingerprint density at radius 1 is 1.03 bits per heavy atom. The number of carbonyl (C=O) groups is 1. The van der Waals surface area contributed by atoms with E-state index in [0.717, 1.165) is 31.9 Å². The lowest BCUT2D eigenvalue weighted by molar-refractivity contribution is 0.0919. The van der Waals surface area contributed by atoms with Crippen LogP contribution in [0.25, 0.3) is 0 Å². The van der Waals surface area contributed by atoms with Gasteiger partial charge in [0.2, 0.25) is 11.2 Å². The van der Waals surface area contributed by atoms with Crippen LogP contribution in [0.2, 0.25) is 0 Å².